The molecule has 0 aromatic heterocycles. The van der Waals surface area contributed by atoms with Crippen LogP contribution in [0.2, 0.25) is 0 Å². The molecule has 94 valence electrons. The number of aliphatic hydroxyl groups excluding tert-OH is 2. The van der Waals surface area contributed by atoms with Gasteiger partial charge in [-0.3, -0.25) is 9.69 Å². The predicted molar refractivity (Wildman–Crippen MR) is 61.0 cm³/mol. The van der Waals surface area contributed by atoms with Crippen molar-refractivity contribution in [2.45, 2.75) is 44.9 Å². The van der Waals surface area contributed by atoms with Crippen molar-refractivity contribution < 1.29 is 15.0 Å². The number of nitrogens with zero attached hydrogens (tertiary/aromatic N) is 1. The summed E-state index contributed by atoms with van der Waals surface area (Å²) in [6, 6.07) is 0. The van der Waals surface area contributed by atoms with E-state index >= 15 is 0 Å². The third-order valence-electron chi connectivity index (χ3n) is 3.06. The minimum atomic E-state index is -0.730. The molecule has 0 aromatic carbocycles. The Hall–Kier alpha value is -0.650. The fourth-order valence-corrected chi connectivity index (χ4v) is 1.68. The van der Waals surface area contributed by atoms with E-state index in [1.807, 2.05) is 20.8 Å². The highest BCUT2D eigenvalue weighted by atomic mass is 16.3. The number of rotatable bonds is 4. The van der Waals surface area contributed by atoms with Crippen molar-refractivity contribution in [2.75, 3.05) is 19.6 Å². The van der Waals surface area contributed by atoms with Crippen LogP contribution in [-0.2, 0) is 4.79 Å². The SMILES string of the molecule is CCC(C)(C)NC(=O)CN1C[C@@H](O)[C@@H](O)C1. The summed E-state index contributed by atoms with van der Waals surface area (Å²) in [6.45, 7) is 6.92. The van der Waals surface area contributed by atoms with E-state index in [1.54, 1.807) is 4.90 Å². The van der Waals surface area contributed by atoms with Gasteiger partial charge in [-0.25, -0.2) is 0 Å². The summed E-state index contributed by atoms with van der Waals surface area (Å²) in [5.41, 5.74) is -0.200. The molecule has 16 heavy (non-hydrogen) atoms. The maximum Gasteiger partial charge on any atom is 0.234 e. The van der Waals surface area contributed by atoms with Gasteiger partial charge in [0, 0.05) is 18.6 Å². The first-order chi connectivity index (χ1) is 7.34. The number of hydrogen-bond donors (Lipinski definition) is 3. The largest absolute Gasteiger partial charge is 0.389 e. The van der Waals surface area contributed by atoms with Gasteiger partial charge in [0.1, 0.15) is 0 Å². The van der Waals surface area contributed by atoms with Crippen LogP contribution in [0.3, 0.4) is 0 Å². The minimum Gasteiger partial charge on any atom is -0.389 e. The van der Waals surface area contributed by atoms with Crippen molar-refractivity contribution in [2.24, 2.45) is 0 Å². The third kappa shape index (κ3) is 3.73. The first-order valence-electron chi connectivity index (χ1n) is 5.73. The van der Waals surface area contributed by atoms with E-state index in [9.17, 15) is 15.0 Å². The Morgan fingerprint density at radius 3 is 2.31 bits per heavy atom. The summed E-state index contributed by atoms with van der Waals surface area (Å²) in [5.74, 6) is -0.0619. The Bertz CT molecular complexity index is 246. The van der Waals surface area contributed by atoms with Gasteiger partial charge >= 0.3 is 0 Å². The highest BCUT2D eigenvalue weighted by Crippen LogP contribution is 2.10. The van der Waals surface area contributed by atoms with Gasteiger partial charge in [0.2, 0.25) is 5.91 Å². The number of carbonyl (C=O) groups is 1. The molecule has 0 aliphatic carbocycles. The second kappa shape index (κ2) is 5.12. The number of β-amino-alcohol motifs (C(OH)–C–C–N with tert-alkyl or cyclic N) is 2. The van der Waals surface area contributed by atoms with Crippen molar-refractivity contribution in [3.63, 3.8) is 0 Å². The molecule has 1 aliphatic heterocycles. The molecule has 0 saturated carbocycles. The molecule has 1 rings (SSSR count). The molecule has 0 spiro atoms. The summed E-state index contributed by atoms with van der Waals surface area (Å²) in [6.07, 6.45) is -0.594. The Kier molecular flexibility index (Phi) is 4.29. The van der Waals surface area contributed by atoms with Crippen molar-refractivity contribution in [3.05, 3.63) is 0 Å². The van der Waals surface area contributed by atoms with E-state index in [4.69, 9.17) is 0 Å². The molecular weight excluding hydrogens is 208 g/mol. The quantitative estimate of drug-likeness (QED) is 0.599. The van der Waals surface area contributed by atoms with Crippen LogP contribution in [0.1, 0.15) is 27.2 Å². The molecule has 0 unspecified atom stereocenters. The molecule has 0 bridgehead atoms. The monoisotopic (exact) mass is 230 g/mol. The maximum absolute atomic E-state index is 11.7. The number of carbonyl (C=O) groups excluding carboxylic acids is 1. The molecule has 5 heteroatoms. The van der Waals surface area contributed by atoms with Gasteiger partial charge in [0.25, 0.3) is 0 Å². The van der Waals surface area contributed by atoms with E-state index < -0.39 is 12.2 Å². The molecule has 1 fully saturated rings. The van der Waals surface area contributed by atoms with Gasteiger partial charge in [-0.2, -0.15) is 0 Å². The normalized spacial score (nSPS) is 27.1. The highest BCUT2D eigenvalue weighted by molar-refractivity contribution is 5.78. The van der Waals surface area contributed by atoms with Gasteiger partial charge in [-0.15, -0.1) is 0 Å². The molecule has 1 amide bonds. The lowest BCUT2D eigenvalue weighted by atomic mass is 10.0. The van der Waals surface area contributed by atoms with Crippen LogP contribution in [0, 0.1) is 0 Å². The van der Waals surface area contributed by atoms with Gasteiger partial charge < -0.3 is 15.5 Å². The third-order valence-corrected chi connectivity index (χ3v) is 3.06. The fraction of sp³-hybridized carbons (Fsp3) is 0.909. The molecule has 1 aliphatic rings. The molecule has 1 heterocycles. The average Bonchev–Trinajstić information content (AvgIpc) is 2.44. The lowest BCUT2D eigenvalue weighted by Crippen LogP contribution is -2.47. The molecule has 1 saturated heterocycles. The zero-order chi connectivity index (χ0) is 12.3. The number of amides is 1. The van der Waals surface area contributed by atoms with E-state index in [-0.39, 0.29) is 18.0 Å². The standard InChI is InChI=1S/C11H22N2O3/c1-4-11(2,3)12-10(16)7-13-5-8(14)9(15)6-13/h8-9,14-15H,4-7H2,1-3H3,(H,12,16)/t8-,9+. The summed E-state index contributed by atoms with van der Waals surface area (Å²) in [7, 11) is 0. The number of nitrogens with one attached hydrogen (secondary N) is 1. The average molecular weight is 230 g/mol. The second-order valence-corrected chi connectivity index (χ2v) is 5.11. The molecule has 5 nitrogen and oxygen atoms in total. The topological polar surface area (TPSA) is 72.8 Å². The van der Waals surface area contributed by atoms with Crippen LogP contribution in [0.4, 0.5) is 0 Å². The zero-order valence-corrected chi connectivity index (χ0v) is 10.2. The van der Waals surface area contributed by atoms with Crippen LogP contribution in [-0.4, -0.2) is 58.4 Å². The molecule has 0 radical (unpaired) electrons. The van der Waals surface area contributed by atoms with Gasteiger partial charge in [-0.05, 0) is 20.3 Å². The zero-order valence-electron chi connectivity index (χ0n) is 10.2. The van der Waals surface area contributed by atoms with Crippen LogP contribution >= 0.6 is 0 Å². The van der Waals surface area contributed by atoms with E-state index in [1.165, 1.54) is 0 Å². The van der Waals surface area contributed by atoms with Crippen LogP contribution in [0.15, 0.2) is 0 Å². The van der Waals surface area contributed by atoms with Gasteiger partial charge in [-0.1, -0.05) is 6.92 Å². The summed E-state index contributed by atoms with van der Waals surface area (Å²) in [4.78, 5) is 13.4. The Labute approximate surface area is 96.4 Å². The van der Waals surface area contributed by atoms with Crippen molar-refractivity contribution in [1.82, 2.24) is 10.2 Å². The fourth-order valence-electron chi connectivity index (χ4n) is 1.68. The Morgan fingerprint density at radius 2 is 1.88 bits per heavy atom. The van der Waals surface area contributed by atoms with E-state index in [2.05, 4.69) is 5.32 Å². The van der Waals surface area contributed by atoms with E-state index in [0.717, 1.165) is 6.42 Å². The molecule has 2 atom stereocenters. The second-order valence-electron chi connectivity index (χ2n) is 5.11. The molecular formula is C11H22N2O3. The van der Waals surface area contributed by atoms with Crippen molar-refractivity contribution in [3.8, 4) is 0 Å². The van der Waals surface area contributed by atoms with Crippen molar-refractivity contribution >= 4 is 5.91 Å². The lowest BCUT2D eigenvalue weighted by molar-refractivity contribution is -0.123. The van der Waals surface area contributed by atoms with Crippen molar-refractivity contribution in [1.29, 1.82) is 0 Å². The first kappa shape index (κ1) is 13.4. The Morgan fingerprint density at radius 1 is 1.38 bits per heavy atom. The molecule has 3 N–H and O–H groups in total. The van der Waals surface area contributed by atoms with Crippen LogP contribution in [0.25, 0.3) is 0 Å². The minimum absolute atomic E-state index is 0.0619. The maximum atomic E-state index is 11.7. The van der Waals surface area contributed by atoms with E-state index in [0.29, 0.717) is 13.1 Å². The van der Waals surface area contributed by atoms with Gasteiger partial charge in [0.15, 0.2) is 0 Å². The Balaban J connectivity index is 2.36. The van der Waals surface area contributed by atoms with Crippen LogP contribution < -0.4 is 5.32 Å². The molecule has 0 aromatic rings. The lowest BCUT2D eigenvalue weighted by Gasteiger charge is -2.26. The number of aliphatic hydroxyl groups is 2. The summed E-state index contributed by atoms with van der Waals surface area (Å²) < 4.78 is 0. The predicted octanol–water partition coefficient (Wildman–Crippen LogP) is -0.671. The summed E-state index contributed by atoms with van der Waals surface area (Å²) >= 11 is 0. The number of likely N-dealkylation sites (tertiary alicyclic amines) is 1. The van der Waals surface area contributed by atoms with Gasteiger partial charge in [0.05, 0.1) is 18.8 Å². The highest BCUT2D eigenvalue weighted by Gasteiger charge is 2.31. The number of hydrogen-bond acceptors (Lipinski definition) is 4. The smallest absolute Gasteiger partial charge is 0.234 e. The van der Waals surface area contributed by atoms with Crippen LogP contribution in [0.5, 0.6) is 0 Å². The first-order valence-corrected chi connectivity index (χ1v) is 5.73. The summed E-state index contributed by atoms with van der Waals surface area (Å²) in [5, 5.41) is 21.6.